The molecule has 216 valence electrons. The number of aromatic nitrogens is 2. The standard InChI is InChI=1S/C21H33N9O9/c22-11(2-1-5-26-21(23)24)17(35)29-13(6-10-8-25-9-27-10)18(36)30-14(7-16(33)34)19(37)28-12(20(38)39)3-4-15(31)32/h8-9,11-14H,1-7,22H2,(H,25,27)(H,28,37)(H,29,35)(H,30,36)(H,31,32)(H,33,34)(H,38,39)(H4,23,24,26). The summed E-state index contributed by atoms with van der Waals surface area (Å²) in [5, 5.41) is 33.9. The van der Waals surface area contributed by atoms with Crippen LogP contribution in [-0.4, -0.2) is 97.6 Å². The van der Waals surface area contributed by atoms with Crippen LogP contribution < -0.4 is 33.2 Å². The number of nitrogens with zero attached hydrogens (tertiary/aromatic N) is 2. The van der Waals surface area contributed by atoms with Crippen LogP contribution in [0.4, 0.5) is 0 Å². The number of aromatic amines is 1. The van der Waals surface area contributed by atoms with Gasteiger partial charge in [-0.05, 0) is 19.3 Å². The zero-order valence-electron chi connectivity index (χ0n) is 20.8. The number of carboxylic acids is 3. The molecule has 18 heteroatoms. The van der Waals surface area contributed by atoms with Crippen LogP contribution in [0.1, 0.15) is 37.8 Å². The van der Waals surface area contributed by atoms with Crippen molar-refractivity contribution in [3.8, 4) is 0 Å². The number of aliphatic imine (C=N–C) groups is 1. The lowest BCUT2D eigenvalue weighted by atomic mass is 10.1. The maximum absolute atomic E-state index is 13.1. The van der Waals surface area contributed by atoms with Crippen molar-refractivity contribution in [1.82, 2.24) is 25.9 Å². The number of amides is 3. The lowest BCUT2D eigenvalue weighted by Crippen LogP contribution is -2.58. The Kier molecular flexibility index (Phi) is 13.4. The number of nitrogens with one attached hydrogen (secondary N) is 4. The molecule has 39 heavy (non-hydrogen) atoms. The minimum absolute atomic E-state index is 0.124. The van der Waals surface area contributed by atoms with Crippen molar-refractivity contribution in [2.75, 3.05) is 6.54 Å². The maximum atomic E-state index is 13.1. The largest absolute Gasteiger partial charge is 0.481 e. The summed E-state index contributed by atoms with van der Waals surface area (Å²) in [4.78, 5) is 82.3. The average molecular weight is 556 g/mol. The number of H-pyrrole nitrogens is 1. The van der Waals surface area contributed by atoms with E-state index in [4.69, 9.17) is 22.3 Å². The number of hydrogen-bond acceptors (Lipinski definition) is 9. The van der Waals surface area contributed by atoms with Gasteiger partial charge >= 0.3 is 17.9 Å². The molecule has 0 aliphatic carbocycles. The molecule has 1 aromatic rings. The highest BCUT2D eigenvalue weighted by Crippen LogP contribution is 2.05. The highest BCUT2D eigenvalue weighted by atomic mass is 16.4. The van der Waals surface area contributed by atoms with Gasteiger partial charge in [0.05, 0.1) is 18.8 Å². The fraction of sp³-hybridized carbons (Fsp3) is 0.524. The minimum Gasteiger partial charge on any atom is -0.481 e. The molecular formula is C21H33N9O9. The van der Waals surface area contributed by atoms with E-state index in [0.29, 0.717) is 12.1 Å². The van der Waals surface area contributed by atoms with Crippen molar-refractivity contribution in [2.24, 2.45) is 22.2 Å². The molecule has 4 atom stereocenters. The van der Waals surface area contributed by atoms with Gasteiger partial charge in [0.25, 0.3) is 0 Å². The van der Waals surface area contributed by atoms with E-state index in [2.05, 4.69) is 25.6 Å². The summed E-state index contributed by atoms with van der Waals surface area (Å²) in [5.74, 6) is -7.35. The van der Waals surface area contributed by atoms with E-state index in [0.717, 1.165) is 0 Å². The third-order valence-corrected chi connectivity index (χ3v) is 5.19. The maximum Gasteiger partial charge on any atom is 0.326 e. The van der Waals surface area contributed by atoms with E-state index in [1.54, 1.807) is 0 Å². The number of nitrogens with two attached hydrogens (primary N) is 3. The van der Waals surface area contributed by atoms with Gasteiger partial charge in [-0.3, -0.25) is 29.0 Å². The van der Waals surface area contributed by atoms with Crippen molar-refractivity contribution in [2.45, 2.75) is 62.7 Å². The van der Waals surface area contributed by atoms with E-state index in [1.807, 2.05) is 5.32 Å². The van der Waals surface area contributed by atoms with Crippen molar-refractivity contribution in [3.05, 3.63) is 18.2 Å². The number of rotatable bonds is 18. The third kappa shape index (κ3) is 12.9. The highest BCUT2D eigenvalue weighted by Gasteiger charge is 2.32. The van der Waals surface area contributed by atoms with Gasteiger partial charge in [-0.2, -0.15) is 0 Å². The number of carboxylic acid groups (broad SMARTS) is 3. The molecule has 18 nitrogen and oxygen atoms in total. The number of guanidine groups is 1. The predicted octanol–water partition coefficient (Wildman–Crippen LogP) is -3.79. The van der Waals surface area contributed by atoms with E-state index < -0.39 is 79.1 Å². The average Bonchev–Trinajstić information content (AvgIpc) is 3.35. The molecule has 0 aromatic carbocycles. The Bertz CT molecular complexity index is 1040. The fourth-order valence-corrected chi connectivity index (χ4v) is 3.21. The molecule has 13 N–H and O–H groups in total. The quantitative estimate of drug-likeness (QED) is 0.0472. The van der Waals surface area contributed by atoms with Crippen molar-refractivity contribution in [3.63, 3.8) is 0 Å². The highest BCUT2D eigenvalue weighted by molar-refractivity contribution is 5.95. The number of carbonyl (C=O) groups excluding carboxylic acids is 3. The molecule has 4 unspecified atom stereocenters. The summed E-state index contributed by atoms with van der Waals surface area (Å²) in [6.45, 7) is 0.219. The second-order valence-electron chi connectivity index (χ2n) is 8.39. The molecule has 0 saturated carbocycles. The molecule has 1 aromatic heterocycles. The molecule has 0 bridgehead atoms. The van der Waals surface area contributed by atoms with Crippen molar-refractivity contribution in [1.29, 1.82) is 0 Å². The molecule has 1 heterocycles. The molecule has 0 aliphatic rings. The Morgan fingerprint density at radius 3 is 2.05 bits per heavy atom. The minimum atomic E-state index is -1.75. The van der Waals surface area contributed by atoms with Gasteiger partial charge in [-0.15, -0.1) is 0 Å². The lowest BCUT2D eigenvalue weighted by molar-refractivity contribution is -0.144. The Balaban J connectivity index is 3.00. The molecule has 0 saturated heterocycles. The van der Waals surface area contributed by atoms with Gasteiger partial charge in [0.1, 0.15) is 18.1 Å². The number of hydrogen-bond donors (Lipinski definition) is 10. The van der Waals surface area contributed by atoms with Crippen LogP contribution in [0.3, 0.4) is 0 Å². The van der Waals surface area contributed by atoms with Gasteiger partial charge in [0.2, 0.25) is 17.7 Å². The van der Waals surface area contributed by atoms with Crippen LogP contribution in [0.25, 0.3) is 0 Å². The number of imidazole rings is 1. The molecule has 0 aliphatic heterocycles. The van der Waals surface area contributed by atoms with Crippen LogP contribution in [0.5, 0.6) is 0 Å². The van der Waals surface area contributed by atoms with E-state index >= 15 is 0 Å². The Labute approximate surface area is 221 Å². The second-order valence-corrected chi connectivity index (χ2v) is 8.39. The van der Waals surface area contributed by atoms with Crippen molar-refractivity contribution < 1.29 is 44.1 Å². The molecule has 0 spiro atoms. The first-order valence-electron chi connectivity index (χ1n) is 11.7. The van der Waals surface area contributed by atoms with Crippen LogP contribution in [0.2, 0.25) is 0 Å². The van der Waals surface area contributed by atoms with Gasteiger partial charge in [0.15, 0.2) is 5.96 Å². The summed E-state index contributed by atoms with van der Waals surface area (Å²) in [7, 11) is 0. The van der Waals surface area contributed by atoms with Crippen molar-refractivity contribution >= 4 is 41.6 Å². The monoisotopic (exact) mass is 555 g/mol. The molecule has 3 amide bonds. The van der Waals surface area contributed by atoms with E-state index in [1.165, 1.54) is 12.5 Å². The Morgan fingerprint density at radius 1 is 0.897 bits per heavy atom. The topological polar surface area (TPSA) is 318 Å². The van der Waals surface area contributed by atoms with Gasteiger partial charge in [0, 0.05) is 31.3 Å². The normalized spacial score (nSPS) is 13.7. The summed E-state index contributed by atoms with van der Waals surface area (Å²) in [5.41, 5.74) is 16.8. The van der Waals surface area contributed by atoms with Gasteiger partial charge in [-0.1, -0.05) is 0 Å². The van der Waals surface area contributed by atoms with Crippen LogP contribution in [0.15, 0.2) is 17.5 Å². The van der Waals surface area contributed by atoms with E-state index in [-0.39, 0.29) is 25.3 Å². The molecule has 0 fully saturated rings. The molecular weight excluding hydrogens is 522 g/mol. The molecule has 0 radical (unpaired) electrons. The van der Waals surface area contributed by atoms with Crippen LogP contribution in [0, 0.1) is 0 Å². The fourth-order valence-electron chi connectivity index (χ4n) is 3.21. The Morgan fingerprint density at radius 2 is 1.51 bits per heavy atom. The SMILES string of the molecule is NC(N)=NCCCC(N)C(=O)NC(Cc1cnc[nH]1)C(=O)NC(CC(=O)O)C(=O)NC(CCC(=O)O)C(=O)O. The zero-order chi connectivity index (χ0) is 29.5. The predicted molar refractivity (Wildman–Crippen MR) is 133 cm³/mol. The summed E-state index contributed by atoms with van der Waals surface area (Å²) < 4.78 is 0. The summed E-state index contributed by atoms with van der Waals surface area (Å²) in [6.07, 6.45) is 1.08. The van der Waals surface area contributed by atoms with E-state index in [9.17, 15) is 39.0 Å². The number of carbonyl (C=O) groups is 6. The first kappa shape index (κ1) is 32.3. The third-order valence-electron chi connectivity index (χ3n) is 5.19. The lowest BCUT2D eigenvalue weighted by Gasteiger charge is -2.24. The van der Waals surface area contributed by atoms with Crippen LogP contribution in [-0.2, 0) is 35.2 Å². The second kappa shape index (κ2) is 16.2. The van der Waals surface area contributed by atoms with Gasteiger partial charge in [-0.25, -0.2) is 9.78 Å². The van der Waals surface area contributed by atoms with Gasteiger partial charge < -0.3 is 53.5 Å². The molecule has 1 rings (SSSR count). The summed E-state index contributed by atoms with van der Waals surface area (Å²) >= 11 is 0. The summed E-state index contributed by atoms with van der Waals surface area (Å²) in [6, 6.07) is -5.80. The zero-order valence-corrected chi connectivity index (χ0v) is 20.8. The smallest absolute Gasteiger partial charge is 0.326 e. The number of aliphatic carboxylic acids is 3. The first-order chi connectivity index (χ1) is 18.3. The Hall–Kier alpha value is -4.74. The first-order valence-corrected chi connectivity index (χ1v) is 11.7. The van der Waals surface area contributed by atoms with Crippen LogP contribution >= 0.6 is 0 Å².